The van der Waals surface area contributed by atoms with Crippen LogP contribution < -0.4 is 10.6 Å². The first-order valence-corrected chi connectivity index (χ1v) is 10.3. The maximum Gasteiger partial charge on any atom is -0.0125 e. The third-order valence-electron chi connectivity index (χ3n) is 4.66. The van der Waals surface area contributed by atoms with Crippen LogP contribution in [0.1, 0.15) is 79.0 Å². The van der Waals surface area contributed by atoms with Crippen LogP contribution >= 0.6 is 8.58 Å². The average Bonchev–Trinajstić information content (AvgIpc) is 2.45. The SMILES string of the molecule is CC(C)(C)c1cc(C(C)(C)C)c(Pc2ccccc2)c(C(C)(C)C)c1. The molecule has 2 aromatic carbocycles. The summed E-state index contributed by atoms with van der Waals surface area (Å²) in [7, 11) is 0.701. The van der Waals surface area contributed by atoms with Crippen molar-refractivity contribution in [1.82, 2.24) is 0 Å². The van der Waals surface area contributed by atoms with Gasteiger partial charge in [-0.15, -0.1) is 0 Å². The lowest BCUT2D eigenvalue weighted by molar-refractivity contribution is 0.554. The van der Waals surface area contributed by atoms with Crippen molar-refractivity contribution in [3.05, 3.63) is 59.2 Å². The van der Waals surface area contributed by atoms with Crippen LogP contribution in [-0.2, 0) is 16.2 Å². The molecular formula is C24H35P. The maximum atomic E-state index is 2.47. The van der Waals surface area contributed by atoms with Crippen LogP contribution in [0.3, 0.4) is 0 Å². The van der Waals surface area contributed by atoms with E-state index < -0.39 is 0 Å². The zero-order valence-electron chi connectivity index (χ0n) is 17.5. The molecule has 1 heteroatoms. The Morgan fingerprint density at radius 2 is 1.04 bits per heavy atom. The minimum atomic E-state index is 0.137. The molecule has 0 saturated carbocycles. The second kappa shape index (κ2) is 6.88. The molecule has 0 aliphatic rings. The van der Waals surface area contributed by atoms with Gasteiger partial charge in [0.15, 0.2) is 0 Å². The molecule has 0 amide bonds. The van der Waals surface area contributed by atoms with Gasteiger partial charge in [0.2, 0.25) is 0 Å². The van der Waals surface area contributed by atoms with E-state index in [4.69, 9.17) is 0 Å². The molecule has 0 aliphatic heterocycles. The smallest absolute Gasteiger partial charge is 0.0125 e. The second-order valence-corrected chi connectivity index (χ2v) is 11.5. The molecule has 0 heterocycles. The van der Waals surface area contributed by atoms with Gasteiger partial charge in [0.25, 0.3) is 0 Å². The molecule has 0 radical (unpaired) electrons. The molecule has 1 unspecified atom stereocenters. The summed E-state index contributed by atoms with van der Waals surface area (Å²) in [6.45, 7) is 21.0. The first-order valence-electron chi connectivity index (χ1n) is 9.32. The monoisotopic (exact) mass is 354 g/mol. The molecular weight excluding hydrogens is 319 g/mol. The number of benzene rings is 2. The van der Waals surface area contributed by atoms with E-state index in [-0.39, 0.29) is 16.2 Å². The minimum Gasteiger partial charge on any atom is -0.0622 e. The van der Waals surface area contributed by atoms with E-state index in [2.05, 4.69) is 105 Å². The van der Waals surface area contributed by atoms with E-state index in [1.807, 2.05) is 0 Å². The topological polar surface area (TPSA) is 0 Å². The fraction of sp³-hybridized carbons (Fsp3) is 0.500. The molecule has 0 aromatic heterocycles. The van der Waals surface area contributed by atoms with Crippen LogP contribution in [0.4, 0.5) is 0 Å². The van der Waals surface area contributed by atoms with Crippen LogP contribution in [0, 0.1) is 0 Å². The van der Waals surface area contributed by atoms with Gasteiger partial charge in [-0.1, -0.05) is 113 Å². The van der Waals surface area contributed by atoms with Gasteiger partial charge in [-0.3, -0.25) is 0 Å². The molecule has 0 fully saturated rings. The molecule has 2 rings (SSSR count). The summed E-state index contributed by atoms with van der Waals surface area (Å²) in [4.78, 5) is 0. The quantitative estimate of drug-likeness (QED) is 0.563. The van der Waals surface area contributed by atoms with Gasteiger partial charge in [-0.2, -0.15) is 0 Å². The average molecular weight is 355 g/mol. The number of hydrogen-bond acceptors (Lipinski definition) is 0. The van der Waals surface area contributed by atoms with Crippen molar-refractivity contribution in [1.29, 1.82) is 0 Å². The van der Waals surface area contributed by atoms with Gasteiger partial charge in [-0.25, -0.2) is 0 Å². The summed E-state index contributed by atoms with van der Waals surface area (Å²) in [6, 6.07) is 15.9. The molecule has 1 atom stereocenters. The van der Waals surface area contributed by atoms with Crippen LogP contribution in [0.15, 0.2) is 42.5 Å². The predicted octanol–water partition coefficient (Wildman–Crippen LogP) is 6.21. The molecule has 0 N–H and O–H groups in total. The second-order valence-electron chi connectivity index (χ2n) is 10.2. The molecule has 0 bridgehead atoms. The van der Waals surface area contributed by atoms with Gasteiger partial charge >= 0.3 is 0 Å². The van der Waals surface area contributed by atoms with Crippen molar-refractivity contribution < 1.29 is 0 Å². The van der Waals surface area contributed by atoms with Gasteiger partial charge in [0.1, 0.15) is 0 Å². The van der Waals surface area contributed by atoms with Crippen molar-refractivity contribution in [2.45, 2.75) is 78.6 Å². The van der Waals surface area contributed by atoms with Crippen LogP contribution in [0.25, 0.3) is 0 Å². The molecule has 136 valence electrons. The molecule has 0 spiro atoms. The largest absolute Gasteiger partial charge is 0.0622 e. The highest BCUT2D eigenvalue weighted by atomic mass is 31.1. The van der Waals surface area contributed by atoms with Crippen LogP contribution in [0.2, 0.25) is 0 Å². The standard InChI is InChI=1S/C24H35P/c1-22(2,3)17-15-19(23(4,5)6)21(20(16-17)24(7,8)9)25-18-13-11-10-12-14-18/h10-16,25H,1-9H3. The predicted molar refractivity (Wildman–Crippen MR) is 117 cm³/mol. The third-order valence-corrected chi connectivity index (χ3v) is 6.07. The Balaban J connectivity index is 2.77. The lowest BCUT2D eigenvalue weighted by Crippen LogP contribution is -2.31. The Morgan fingerprint density at radius 1 is 0.600 bits per heavy atom. The van der Waals surface area contributed by atoms with Crippen LogP contribution in [-0.4, -0.2) is 0 Å². The van der Waals surface area contributed by atoms with Gasteiger partial charge in [-0.05, 0) is 43.5 Å². The summed E-state index contributed by atoms with van der Waals surface area (Å²) in [5.74, 6) is 0. The summed E-state index contributed by atoms with van der Waals surface area (Å²) in [6.07, 6.45) is 0. The van der Waals surface area contributed by atoms with Gasteiger partial charge < -0.3 is 0 Å². The number of hydrogen-bond donors (Lipinski definition) is 0. The number of rotatable bonds is 2. The van der Waals surface area contributed by atoms with Crippen molar-refractivity contribution in [3.63, 3.8) is 0 Å². The van der Waals surface area contributed by atoms with Crippen molar-refractivity contribution >= 4 is 19.2 Å². The van der Waals surface area contributed by atoms with E-state index in [9.17, 15) is 0 Å². The van der Waals surface area contributed by atoms with E-state index in [0.717, 1.165) is 0 Å². The lowest BCUT2D eigenvalue weighted by Gasteiger charge is -2.33. The normalized spacial score (nSPS) is 13.6. The molecule has 25 heavy (non-hydrogen) atoms. The molecule has 0 saturated heterocycles. The molecule has 0 nitrogen and oxygen atoms in total. The third kappa shape index (κ3) is 4.95. The summed E-state index contributed by atoms with van der Waals surface area (Å²) in [5, 5.41) is 2.96. The molecule has 0 aliphatic carbocycles. The Morgan fingerprint density at radius 3 is 1.40 bits per heavy atom. The highest BCUT2D eigenvalue weighted by Crippen LogP contribution is 2.36. The first-order chi connectivity index (χ1) is 11.3. The van der Waals surface area contributed by atoms with Crippen LogP contribution in [0.5, 0.6) is 0 Å². The Kier molecular flexibility index (Phi) is 5.56. The van der Waals surface area contributed by atoms with Gasteiger partial charge in [0, 0.05) is 0 Å². The minimum absolute atomic E-state index is 0.137. The zero-order valence-corrected chi connectivity index (χ0v) is 18.5. The Hall–Kier alpha value is -1.13. The fourth-order valence-corrected chi connectivity index (χ4v) is 4.87. The summed E-state index contributed by atoms with van der Waals surface area (Å²) >= 11 is 0. The van der Waals surface area contributed by atoms with Gasteiger partial charge in [0.05, 0.1) is 0 Å². The fourth-order valence-electron chi connectivity index (χ4n) is 3.06. The van der Waals surface area contributed by atoms with Crippen molar-refractivity contribution in [3.8, 4) is 0 Å². The van der Waals surface area contributed by atoms with E-state index in [1.54, 1.807) is 5.30 Å². The first kappa shape index (κ1) is 20.2. The van der Waals surface area contributed by atoms with E-state index >= 15 is 0 Å². The van der Waals surface area contributed by atoms with Crippen molar-refractivity contribution in [2.75, 3.05) is 0 Å². The van der Waals surface area contributed by atoms with E-state index in [1.165, 1.54) is 22.0 Å². The highest BCUT2D eigenvalue weighted by Gasteiger charge is 2.28. The van der Waals surface area contributed by atoms with Crippen molar-refractivity contribution in [2.24, 2.45) is 0 Å². The maximum absolute atomic E-state index is 2.47. The Labute approximate surface area is 157 Å². The summed E-state index contributed by atoms with van der Waals surface area (Å²) < 4.78 is 0. The molecule has 2 aromatic rings. The Bertz CT molecular complexity index is 684. The summed E-state index contributed by atoms with van der Waals surface area (Å²) in [5.41, 5.74) is 4.90. The zero-order chi connectivity index (χ0) is 19.0. The highest BCUT2D eigenvalue weighted by molar-refractivity contribution is 7.55. The lowest BCUT2D eigenvalue weighted by atomic mass is 9.75. The van der Waals surface area contributed by atoms with E-state index in [0.29, 0.717) is 8.58 Å².